The first-order valence-corrected chi connectivity index (χ1v) is 9.16. The van der Waals surface area contributed by atoms with Gasteiger partial charge in [-0.15, -0.1) is 0 Å². The zero-order valence-corrected chi connectivity index (χ0v) is 13.7. The first kappa shape index (κ1) is 16.1. The number of carbonyl (C=O) groups excluding carboxylic acids is 2. The number of hydrogen-bond acceptors (Lipinski definition) is 5. The first-order valence-electron chi connectivity index (χ1n) is 7.51. The molecular formula is C15H19N3O4S. The van der Waals surface area contributed by atoms with Crippen LogP contribution in [0, 0.1) is 0 Å². The number of sulfonamides is 1. The Morgan fingerprint density at radius 2 is 1.78 bits per heavy atom. The minimum Gasteiger partial charge on any atom is -0.305 e. The van der Waals surface area contributed by atoms with Crippen molar-refractivity contribution in [3.8, 4) is 0 Å². The number of rotatable bonds is 5. The van der Waals surface area contributed by atoms with Gasteiger partial charge in [0.15, 0.2) is 0 Å². The molecule has 0 spiro atoms. The van der Waals surface area contributed by atoms with Gasteiger partial charge in [0.1, 0.15) is 0 Å². The van der Waals surface area contributed by atoms with Crippen LogP contribution >= 0.6 is 0 Å². The third-order valence-corrected chi connectivity index (χ3v) is 5.61. The second-order valence-electron chi connectivity index (χ2n) is 5.99. The van der Waals surface area contributed by atoms with Gasteiger partial charge in [-0.05, 0) is 32.1 Å². The van der Waals surface area contributed by atoms with E-state index in [1.807, 2.05) is 7.05 Å². The monoisotopic (exact) mass is 337 g/mol. The fraction of sp³-hybridized carbons (Fsp3) is 0.467. The summed E-state index contributed by atoms with van der Waals surface area (Å²) in [6, 6.07) is 6.42. The Morgan fingerprint density at radius 1 is 1.17 bits per heavy atom. The molecular weight excluding hydrogens is 318 g/mol. The van der Waals surface area contributed by atoms with E-state index >= 15 is 0 Å². The molecule has 1 fully saturated rings. The van der Waals surface area contributed by atoms with Crippen LogP contribution in [0.2, 0.25) is 0 Å². The predicted octanol–water partition coefficient (Wildman–Crippen LogP) is -0.0939. The SMILES string of the molecule is CN1CCC(NS(=O)(=O)CCN2C(=O)c3ccccc3C2=O)C1. The summed E-state index contributed by atoms with van der Waals surface area (Å²) in [5.41, 5.74) is 0.667. The summed E-state index contributed by atoms with van der Waals surface area (Å²) in [5.74, 6) is -1.14. The van der Waals surface area contributed by atoms with E-state index in [1.165, 1.54) is 0 Å². The third kappa shape index (κ3) is 3.29. The standard InChI is InChI=1S/C15H19N3O4S/c1-17-7-6-11(10-17)16-23(21,22)9-8-18-14(19)12-4-2-3-5-13(12)15(18)20/h2-5,11,16H,6-10H2,1H3. The molecule has 1 saturated heterocycles. The highest BCUT2D eigenvalue weighted by Gasteiger charge is 2.36. The topological polar surface area (TPSA) is 86.8 Å². The molecule has 0 aliphatic carbocycles. The van der Waals surface area contributed by atoms with Crippen LogP contribution in [-0.2, 0) is 10.0 Å². The normalized spacial score (nSPS) is 22.0. The van der Waals surface area contributed by atoms with Crippen molar-refractivity contribution in [1.29, 1.82) is 0 Å². The lowest BCUT2D eigenvalue weighted by Gasteiger charge is -2.16. The van der Waals surface area contributed by atoms with Crippen molar-refractivity contribution in [1.82, 2.24) is 14.5 Å². The smallest absolute Gasteiger partial charge is 0.261 e. The van der Waals surface area contributed by atoms with Gasteiger partial charge in [-0.2, -0.15) is 0 Å². The molecule has 1 atom stereocenters. The van der Waals surface area contributed by atoms with Crippen LogP contribution in [0.3, 0.4) is 0 Å². The van der Waals surface area contributed by atoms with E-state index in [0.717, 1.165) is 17.9 Å². The fourth-order valence-electron chi connectivity index (χ4n) is 3.00. The maximum absolute atomic E-state index is 12.2. The summed E-state index contributed by atoms with van der Waals surface area (Å²) >= 11 is 0. The number of likely N-dealkylation sites (N-methyl/N-ethyl adjacent to an activating group) is 1. The molecule has 0 aromatic heterocycles. The molecule has 0 bridgehead atoms. The van der Waals surface area contributed by atoms with Gasteiger partial charge in [0.25, 0.3) is 11.8 Å². The molecule has 2 aliphatic rings. The van der Waals surface area contributed by atoms with E-state index in [-0.39, 0.29) is 18.3 Å². The number of nitrogens with one attached hydrogen (secondary N) is 1. The Morgan fingerprint density at radius 3 is 2.30 bits per heavy atom. The lowest BCUT2D eigenvalue weighted by molar-refractivity contribution is 0.0664. The average molecular weight is 337 g/mol. The van der Waals surface area contributed by atoms with E-state index in [2.05, 4.69) is 9.62 Å². The van der Waals surface area contributed by atoms with Crippen LogP contribution in [0.5, 0.6) is 0 Å². The predicted molar refractivity (Wildman–Crippen MR) is 84.6 cm³/mol. The van der Waals surface area contributed by atoms with E-state index in [0.29, 0.717) is 17.7 Å². The zero-order valence-electron chi connectivity index (χ0n) is 12.9. The highest BCUT2D eigenvalue weighted by atomic mass is 32.2. The maximum atomic E-state index is 12.2. The van der Waals surface area contributed by atoms with E-state index in [4.69, 9.17) is 0 Å². The minimum atomic E-state index is -3.53. The average Bonchev–Trinajstić information content (AvgIpc) is 3.00. The molecule has 23 heavy (non-hydrogen) atoms. The Bertz CT molecular complexity index is 712. The van der Waals surface area contributed by atoms with Crippen molar-refractivity contribution in [2.75, 3.05) is 32.4 Å². The van der Waals surface area contributed by atoms with Crippen LogP contribution in [-0.4, -0.2) is 68.5 Å². The third-order valence-electron chi connectivity index (χ3n) is 4.20. The maximum Gasteiger partial charge on any atom is 0.261 e. The number of carbonyl (C=O) groups is 2. The van der Waals surface area contributed by atoms with Crippen LogP contribution in [0.25, 0.3) is 0 Å². The van der Waals surface area contributed by atoms with Gasteiger partial charge in [-0.1, -0.05) is 12.1 Å². The molecule has 7 nitrogen and oxygen atoms in total. The molecule has 2 heterocycles. The molecule has 2 aliphatic heterocycles. The van der Waals surface area contributed by atoms with Crippen molar-refractivity contribution < 1.29 is 18.0 Å². The van der Waals surface area contributed by atoms with Gasteiger partial charge >= 0.3 is 0 Å². The van der Waals surface area contributed by atoms with Crippen molar-refractivity contribution in [3.63, 3.8) is 0 Å². The summed E-state index contributed by atoms with van der Waals surface area (Å²) in [5, 5.41) is 0. The lowest BCUT2D eigenvalue weighted by atomic mass is 10.1. The molecule has 8 heteroatoms. The Kier molecular flexibility index (Phi) is 4.22. The summed E-state index contributed by atoms with van der Waals surface area (Å²) in [6.07, 6.45) is 0.767. The molecule has 2 amide bonds. The first-order chi connectivity index (χ1) is 10.9. The fourth-order valence-corrected chi connectivity index (χ4v) is 4.24. The summed E-state index contributed by atoms with van der Waals surface area (Å²) < 4.78 is 27.0. The van der Waals surface area contributed by atoms with Crippen LogP contribution in [0.4, 0.5) is 0 Å². The summed E-state index contributed by atoms with van der Waals surface area (Å²) in [6.45, 7) is 1.39. The largest absolute Gasteiger partial charge is 0.305 e. The molecule has 1 aromatic rings. The molecule has 1 unspecified atom stereocenters. The van der Waals surface area contributed by atoms with Gasteiger partial charge in [0.2, 0.25) is 10.0 Å². The number of hydrogen-bond donors (Lipinski definition) is 1. The lowest BCUT2D eigenvalue weighted by Crippen LogP contribution is -2.42. The molecule has 0 radical (unpaired) electrons. The highest BCUT2D eigenvalue weighted by molar-refractivity contribution is 7.89. The van der Waals surface area contributed by atoms with E-state index in [9.17, 15) is 18.0 Å². The van der Waals surface area contributed by atoms with Gasteiger partial charge in [0, 0.05) is 19.1 Å². The number of likely N-dealkylation sites (tertiary alicyclic amines) is 1. The molecule has 124 valence electrons. The van der Waals surface area contributed by atoms with Gasteiger partial charge in [0.05, 0.1) is 16.9 Å². The quantitative estimate of drug-likeness (QED) is 0.759. The molecule has 1 N–H and O–H groups in total. The second-order valence-corrected chi connectivity index (χ2v) is 7.87. The van der Waals surface area contributed by atoms with E-state index in [1.54, 1.807) is 24.3 Å². The zero-order chi connectivity index (χ0) is 16.6. The molecule has 0 saturated carbocycles. The Labute approximate surface area is 135 Å². The van der Waals surface area contributed by atoms with Gasteiger partial charge < -0.3 is 4.90 Å². The van der Waals surface area contributed by atoms with Crippen molar-refractivity contribution >= 4 is 21.8 Å². The number of nitrogens with zero attached hydrogens (tertiary/aromatic N) is 2. The Balaban J connectivity index is 1.62. The number of imide groups is 1. The molecule has 3 rings (SSSR count). The summed E-state index contributed by atoms with van der Waals surface area (Å²) in [4.78, 5) is 27.4. The van der Waals surface area contributed by atoms with Crippen molar-refractivity contribution in [3.05, 3.63) is 35.4 Å². The Hall–Kier alpha value is -1.77. The van der Waals surface area contributed by atoms with Crippen molar-refractivity contribution in [2.45, 2.75) is 12.5 Å². The number of fused-ring (bicyclic) bond motifs is 1. The second kappa shape index (κ2) is 6.03. The van der Waals surface area contributed by atoms with Gasteiger partial charge in [-0.25, -0.2) is 13.1 Å². The van der Waals surface area contributed by atoms with Crippen LogP contribution in [0.1, 0.15) is 27.1 Å². The number of amides is 2. The highest BCUT2D eigenvalue weighted by Crippen LogP contribution is 2.22. The minimum absolute atomic E-state index is 0.104. The summed E-state index contributed by atoms with van der Waals surface area (Å²) in [7, 11) is -1.60. The van der Waals surface area contributed by atoms with Gasteiger partial charge in [-0.3, -0.25) is 14.5 Å². The number of benzene rings is 1. The van der Waals surface area contributed by atoms with E-state index < -0.39 is 21.8 Å². The molecule has 1 aromatic carbocycles. The van der Waals surface area contributed by atoms with Crippen LogP contribution in [0.15, 0.2) is 24.3 Å². The van der Waals surface area contributed by atoms with Crippen LogP contribution < -0.4 is 4.72 Å². The van der Waals surface area contributed by atoms with Crippen molar-refractivity contribution in [2.24, 2.45) is 0 Å².